The monoisotopic (exact) mass is 650 g/mol. The summed E-state index contributed by atoms with van der Waals surface area (Å²) in [5, 5.41) is 0.140. The summed E-state index contributed by atoms with van der Waals surface area (Å²) in [5.74, 6) is 1.93. The fourth-order valence-electron chi connectivity index (χ4n) is 4.62. The molecule has 2 atom stereocenters. The van der Waals surface area contributed by atoms with E-state index in [1.54, 1.807) is 0 Å². The minimum atomic E-state index is -4.19. The summed E-state index contributed by atoms with van der Waals surface area (Å²) in [7, 11) is 11.5. The summed E-state index contributed by atoms with van der Waals surface area (Å²) in [5.41, 5.74) is 4.75. The van der Waals surface area contributed by atoms with Crippen LogP contribution in [0.5, 0.6) is 0 Å². The Morgan fingerprint density at radius 3 is 1.27 bits per heavy atom. The Morgan fingerprint density at radius 1 is 0.622 bits per heavy atom. The molecule has 2 unspecified atom stereocenters. The molecule has 0 spiro atoms. The quantitative estimate of drug-likeness (QED) is 0.289. The van der Waals surface area contributed by atoms with E-state index in [9.17, 15) is 0 Å². The number of fused-ring (bicyclic) bond motifs is 2. The van der Waals surface area contributed by atoms with Gasteiger partial charge in [-0.15, -0.1) is 0 Å². The Kier molecular flexibility index (Phi) is 7.79. The van der Waals surface area contributed by atoms with E-state index < -0.39 is 34.5 Å². The average molecular weight is 653 g/mol. The van der Waals surface area contributed by atoms with E-state index in [1.165, 1.54) is 22.3 Å². The van der Waals surface area contributed by atoms with Crippen LogP contribution in [0.4, 0.5) is 0 Å². The van der Waals surface area contributed by atoms with Crippen LogP contribution >= 0.6 is 17.0 Å². The van der Waals surface area contributed by atoms with E-state index in [0.29, 0.717) is 0 Å². The fourth-order valence-corrected chi connectivity index (χ4v) is 19.4. The van der Waals surface area contributed by atoms with Crippen molar-refractivity contribution in [2.45, 2.75) is 85.1 Å². The Labute approximate surface area is 238 Å². The zero-order valence-electron chi connectivity index (χ0n) is 24.0. The van der Waals surface area contributed by atoms with Crippen molar-refractivity contribution in [2.75, 3.05) is 0 Å². The summed E-state index contributed by atoms with van der Waals surface area (Å²) in [6.45, 7) is 22.8. The zero-order chi connectivity index (χ0) is 27.6. The molecular weight excluding hydrogens is 611 g/mol. The van der Waals surface area contributed by atoms with E-state index in [0.717, 1.165) is 11.5 Å². The molecule has 0 saturated carbocycles. The molecule has 200 valence electrons. The average Bonchev–Trinajstić information content (AvgIpc) is 3.29. The van der Waals surface area contributed by atoms with Gasteiger partial charge >= 0.3 is 240 Å². The SMILES string of the molecule is CC(C)(C)[Si](C)(C)OC1=Cc2ccccc2[CH]1[Zr]([Cl])([Cl])[CH]1C(O[Si](C)(C)C(C)(C)C)=Cc2ccccc21. The molecule has 0 heterocycles. The number of allylic oxidation sites excluding steroid dienone is 2. The summed E-state index contributed by atoms with van der Waals surface area (Å²) in [6.07, 6.45) is 4.41. The van der Waals surface area contributed by atoms with Gasteiger partial charge in [0.25, 0.3) is 0 Å². The Balaban J connectivity index is 1.83. The second-order valence-corrected chi connectivity index (χ2v) is 37.8. The van der Waals surface area contributed by atoms with Crippen molar-refractivity contribution in [3.05, 3.63) is 82.3 Å². The van der Waals surface area contributed by atoms with Gasteiger partial charge in [-0.05, 0) is 0 Å². The summed E-state index contributed by atoms with van der Waals surface area (Å²) >= 11 is -4.19. The molecule has 0 fully saturated rings. The number of rotatable bonds is 6. The Hall–Kier alpha value is -0.583. The predicted octanol–water partition coefficient (Wildman–Crippen LogP) is 10.7. The number of hydrogen-bond donors (Lipinski definition) is 0. The van der Waals surface area contributed by atoms with Gasteiger partial charge in [-0.3, -0.25) is 0 Å². The summed E-state index contributed by atoms with van der Waals surface area (Å²) in [6, 6.07) is 17.0. The first-order chi connectivity index (χ1) is 16.9. The van der Waals surface area contributed by atoms with Gasteiger partial charge in [0.05, 0.1) is 0 Å². The van der Waals surface area contributed by atoms with Crippen molar-refractivity contribution < 1.29 is 26.7 Å². The van der Waals surface area contributed by atoms with E-state index in [1.807, 2.05) is 0 Å². The van der Waals surface area contributed by atoms with Crippen LogP contribution in [-0.2, 0) is 26.7 Å². The Bertz CT molecular complexity index is 1160. The third kappa shape index (κ3) is 5.42. The maximum atomic E-state index is 7.84. The van der Waals surface area contributed by atoms with Gasteiger partial charge < -0.3 is 0 Å². The first-order valence-electron chi connectivity index (χ1n) is 13.2. The molecule has 37 heavy (non-hydrogen) atoms. The van der Waals surface area contributed by atoms with Crippen molar-refractivity contribution >= 4 is 45.8 Å². The van der Waals surface area contributed by atoms with E-state index in [2.05, 4.69) is 128 Å². The molecule has 0 aliphatic heterocycles. The van der Waals surface area contributed by atoms with Gasteiger partial charge in [0.2, 0.25) is 0 Å². The van der Waals surface area contributed by atoms with Crippen molar-refractivity contribution in [1.29, 1.82) is 0 Å². The zero-order valence-corrected chi connectivity index (χ0v) is 30.0. The van der Waals surface area contributed by atoms with Gasteiger partial charge in [0.1, 0.15) is 0 Å². The molecule has 2 aliphatic rings. The third-order valence-electron chi connectivity index (χ3n) is 8.91. The molecular formula is C30H42Cl2O2Si2Zr. The van der Waals surface area contributed by atoms with Crippen LogP contribution in [0, 0.1) is 0 Å². The van der Waals surface area contributed by atoms with Gasteiger partial charge in [-0.25, -0.2) is 0 Å². The van der Waals surface area contributed by atoms with E-state index in [4.69, 9.17) is 25.9 Å². The summed E-state index contributed by atoms with van der Waals surface area (Å²) in [4.78, 5) is 0. The van der Waals surface area contributed by atoms with Crippen LogP contribution in [-0.4, -0.2) is 16.6 Å². The number of hydrogen-bond acceptors (Lipinski definition) is 2. The van der Waals surface area contributed by atoms with E-state index >= 15 is 0 Å². The normalized spacial score (nSPS) is 20.2. The van der Waals surface area contributed by atoms with Crippen LogP contribution in [0.25, 0.3) is 12.2 Å². The van der Waals surface area contributed by atoms with Crippen molar-refractivity contribution in [2.24, 2.45) is 0 Å². The fraction of sp³-hybridized carbons (Fsp3) is 0.467. The van der Waals surface area contributed by atoms with Crippen molar-refractivity contribution in [1.82, 2.24) is 0 Å². The standard InChI is InChI=1S/2C15H21OSi.2ClH.Zr/c2*1-15(2,3)17(4,5)16-14-10-12-8-6-7-9-13(12)11-14;;;/h2*6-11H,1-5H3;2*1H;/q;;;;+2/p-2. The molecule has 2 aliphatic carbocycles. The van der Waals surface area contributed by atoms with Gasteiger partial charge in [-0.2, -0.15) is 0 Å². The molecule has 0 N–H and O–H groups in total. The molecule has 0 amide bonds. The van der Waals surface area contributed by atoms with Crippen LogP contribution in [0.3, 0.4) is 0 Å². The van der Waals surface area contributed by atoms with Gasteiger partial charge in [0.15, 0.2) is 0 Å². The third-order valence-corrected chi connectivity index (χ3v) is 29.5. The van der Waals surface area contributed by atoms with Crippen LogP contribution in [0.15, 0.2) is 60.0 Å². The molecule has 2 aromatic rings. The molecule has 2 nitrogen and oxygen atoms in total. The number of benzene rings is 2. The second kappa shape index (κ2) is 9.80. The van der Waals surface area contributed by atoms with Crippen LogP contribution < -0.4 is 0 Å². The molecule has 0 radical (unpaired) electrons. The topological polar surface area (TPSA) is 18.5 Å². The first-order valence-corrected chi connectivity index (χ1v) is 28.2. The molecule has 7 heteroatoms. The van der Waals surface area contributed by atoms with Gasteiger partial charge in [-0.1, -0.05) is 0 Å². The van der Waals surface area contributed by atoms with E-state index in [-0.39, 0.29) is 17.3 Å². The number of halogens is 2. The first kappa shape index (κ1) is 29.4. The minimum absolute atomic E-state index is 0.0699. The second-order valence-electron chi connectivity index (χ2n) is 13.6. The molecule has 0 saturated heterocycles. The van der Waals surface area contributed by atoms with Crippen LogP contribution in [0.2, 0.25) is 36.3 Å². The molecule has 2 aromatic carbocycles. The molecule has 0 bridgehead atoms. The van der Waals surface area contributed by atoms with Crippen molar-refractivity contribution in [3.63, 3.8) is 0 Å². The van der Waals surface area contributed by atoms with Crippen LogP contribution in [0.1, 0.15) is 71.0 Å². The molecule has 4 rings (SSSR count). The molecule has 0 aromatic heterocycles. The van der Waals surface area contributed by atoms with Gasteiger partial charge in [0, 0.05) is 0 Å². The Morgan fingerprint density at radius 2 is 0.946 bits per heavy atom. The maximum absolute atomic E-state index is 7.84. The summed E-state index contributed by atoms with van der Waals surface area (Å²) < 4.78 is 13.8. The van der Waals surface area contributed by atoms with Crippen molar-refractivity contribution in [3.8, 4) is 0 Å². The predicted molar refractivity (Wildman–Crippen MR) is 163 cm³/mol.